The van der Waals surface area contributed by atoms with Crippen molar-refractivity contribution in [3.63, 3.8) is 0 Å². The van der Waals surface area contributed by atoms with Crippen LogP contribution >= 0.6 is 0 Å². The van der Waals surface area contributed by atoms with Crippen LogP contribution < -0.4 is 0 Å². The van der Waals surface area contributed by atoms with Gasteiger partial charge in [0.2, 0.25) is 0 Å². The predicted molar refractivity (Wildman–Crippen MR) is 88.9 cm³/mol. The fourth-order valence-corrected chi connectivity index (χ4v) is 4.93. The molecule has 0 N–H and O–H groups in total. The monoisotopic (exact) mass is 313 g/mol. The van der Waals surface area contributed by atoms with E-state index >= 15 is 0 Å². The van der Waals surface area contributed by atoms with E-state index in [1.807, 2.05) is 0 Å². The summed E-state index contributed by atoms with van der Waals surface area (Å²) in [5, 5.41) is 0. The van der Waals surface area contributed by atoms with Gasteiger partial charge in [-0.15, -0.1) is 5.54 Å². The van der Waals surface area contributed by atoms with Gasteiger partial charge in [0.1, 0.15) is 8.07 Å². The van der Waals surface area contributed by atoms with E-state index in [1.54, 1.807) is 6.08 Å². The summed E-state index contributed by atoms with van der Waals surface area (Å²) in [5.74, 6) is 3.23. The molecule has 116 valence electrons. The molecule has 4 rings (SSSR count). The first-order valence-corrected chi connectivity index (χ1v) is 11.9. The van der Waals surface area contributed by atoms with Crippen LogP contribution in [0.15, 0.2) is 23.3 Å². The molecule has 4 heteroatoms. The van der Waals surface area contributed by atoms with Gasteiger partial charge in [0, 0.05) is 29.7 Å². The van der Waals surface area contributed by atoms with E-state index in [4.69, 9.17) is 4.74 Å². The summed E-state index contributed by atoms with van der Waals surface area (Å²) in [6.07, 6.45) is 8.54. The minimum atomic E-state index is -1.43. The van der Waals surface area contributed by atoms with E-state index in [9.17, 15) is 4.79 Å². The molecule has 1 aliphatic carbocycles. The van der Waals surface area contributed by atoms with E-state index in [1.165, 1.54) is 12.8 Å². The Morgan fingerprint density at radius 2 is 2.18 bits per heavy atom. The molecule has 0 radical (unpaired) electrons. The SMILES string of the molecule is C[Si](C)(C)C#CC1=CC2CC3(OC(=O)C=C13)C1CCCCN21. The molecule has 3 nitrogen and oxygen atoms in total. The highest BCUT2D eigenvalue weighted by atomic mass is 28.3. The molecule has 1 spiro atoms. The lowest BCUT2D eigenvalue weighted by molar-refractivity contribution is -0.148. The molecular weight excluding hydrogens is 290 g/mol. The van der Waals surface area contributed by atoms with Gasteiger partial charge in [-0.2, -0.15) is 0 Å². The lowest BCUT2D eigenvalue weighted by Gasteiger charge is -2.38. The van der Waals surface area contributed by atoms with E-state index in [-0.39, 0.29) is 5.97 Å². The van der Waals surface area contributed by atoms with Crippen molar-refractivity contribution in [3.05, 3.63) is 23.3 Å². The van der Waals surface area contributed by atoms with Gasteiger partial charge in [0.25, 0.3) is 0 Å². The zero-order valence-electron chi connectivity index (χ0n) is 13.6. The maximum atomic E-state index is 12.0. The van der Waals surface area contributed by atoms with Crippen molar-refractivity contribution >= 4 is 14.0 Å². The van der Waals surface area contributed by atoms with E-state index in [0.29, 0.717) is 12.1 Å². The number of ether oxygens (including phenoxy) is 1. The summed E-state index contributed by atoms with van der Waals surface area (Å²) >= 11 is 0. The molecule has 3 aliphatic heterocycles. The third-order valence-electron chi connectivity index (χ3n) is 5.24. The van der Waals surface area contributed by atoms with Gasteiger partial charge in [-0.3, -0.25) is 4.90 Å². The van der Waals surface area contributed by atoms with Crippen molar-refractivity contribution in [1.82, 2.24) is 4.90 Å². The van der Waals surface area contributed by atoms with Crippen LogP contribution in [0.25, 0.3) is 0 Å². The maximum absolute atomic E-state index is 12.0. The Morgan fingerprint density at radius 1 is 1.36 bits per heavy atom. The van der Waals surface area contributed by atoms with Crippen molar-refractivity contribution in [1.29, 1.82) is 0 Å². The molecule has 0 aromatic carbocycles. The average Bonchev–Trinajstić information content (AvgIpc) is 2.92. The summed E-state index contributed by atoms with van der Waals surface area (Å²) < 4.78 is 5.90. The molecule has 22 heavy (non-hydrogen) atoms. The highest BCUT2D eigenvalue weighted by Crippen LogP contribution is 2.53. The zero-order chi connectivity index (χ0) is 15.5. The number of hydrogen-bond acceptors (Lipinski definition) is 3. The molecule has 0 saturated carbocycles. The van der Waals surface area contributed by atoms with Crippen molar-refractivity contribution < 1.29 is 9.53 Å². The third-order valence-corrected chi connectivity index (χ3v) is 6.12. The number of piperidine rings is 1. The first kappa shape index (κ1) is 14.3. The van der Waals surface area contributed by atoms with Crippen molar-refractivity contribution in [2.24, 2.45) is 0 Å². The van der Waals surface area contributed by atoms with Crippen molar-refractivity contribution in [2.45, 2.75) is 63.0 Å². The van der Waals surface area contributed by atoms with Gasteiger partial charge in [-0.1, -0.05) is 38.1 Å². The van der Waals surface area contributed by atoms with Crippen LogP contribution in [-0.4, -0.2) is 43.2 Å². The first-order chi connectivity index (χ1) is 10.4. The van der Waals surface area contributed by atoms with Crippen molar-refractivity contribution in [2.75, 3.05) is 6.54 Å². The third kappa shape index (κ3) is 2.03. The van der Waals surface area contributed by atoms with Crippen LogP contribution in [0.3, 0.4) is 0 Å². The van der Waals surface area contributed by atoms with Crippen LogP contribution in [0.2, 0.25) is 19.6 Å². The lowest BCUT2D eigenvalue weighted by Crippen LogP contribution is -2.48. The largest absolute Gasteiger partial charge is 0.449 e. The minimum Gasteiger partial charge on any atom is -0.449 e. The normalized spacial score (nSPS) is 36.6. The summed E-state index contributed by atoms with van der Waals surface area (Å²) in [5.41, 5.74) is 5.18. The van der Waals surface area contributed by atoms with E-state index in [0.717, 1.165) is 30.5 Å². The predicted octanol–water partition coefficient (Wildman–Crippen LogP) is 2.66. The lowest BCUT2D eigenvalue weighted by atomic mass is 9.77. The topological polar surface area (TPSA) is 29.5 Å². The Bertz CT molecular complexity index is 661. The van der Waals surface area contributed by atoms with Gasteiger partial charge in [-0.25, -0.2) is 4.79 Å². The summed E-state index contributed by atoms with van der Waals surface area (Å²) in [7, 11) is -1.43. The number of nitrogens with zero attached hydrogens (tertiary/aromatic N) is 1. The summed E-state index contributed by atoms with van der Waals surface area (Å²) in [6, 6.07) is 0.741. The number of carbonyl (C=O) groups excluding carboxylic acids is 1. The molecule has 0 amide bonds. The number of hydrogen-bond donors (Lipinski definition) is 0. The minimum absolute atomic E-state index is 0.177. The van der Waals surface area contributed by atoms with Gasteiger partial charge in [0.05, 0.1) is 6.04 Å². The maximum Gasteiger partial charge on any atom is 0.332 e. The average molecular weight is 313 g/mol. The zero-order valence-corrected chi connectivity index (χ0v) is 14.6. The van der Waals surface area contributed by atoms with Crippen LogP contribution in [0.4, 0.5) is 0 Å². The van der Waals surface area contributed by atoms with Crippen LogP contribution in [0.1, 0.15) is 25.7 Å². The molecular formula is C18H23NO2Si. The molecule has 0 aromatic rings. The number of rotatable bonds is 0. The Hall–Kier alpha value is -1.31. The highest BCUT2D eigenvalue weighted by molar-refractivity contribution is 6.83. The molecule has 2 saturated heterocycles. The quantitative estimate of drug-likeness (QED) is 0.391. The Kier molecular flexibility index (Phi) is 2.98. The van der Waals surface area contributed by atoms with Gasteiger partial charge in [0.15, 0.2) is 5.60 Å². The second-order valence-corrected chi connectivity index (χ2v) is 12.7. The second-order valence-electron chi connectivity index (χ2n) is 7.97. The molecule has 4 aliphatic rings. The molecule has 2 bridgehead atoms. The summed E-state index contributed by atoms with van der Waals surface area (Å²) in [6.45, 7) is 7.87. The van der Waals surface area contributed by atoms with Gasteiger partial charge >= 0.3 is 5.97 Å². The Balaban J connectivity index is 1.80. The Morgan fingerprint density at radius 3 is 2.95 bits per heavy atom. The molecule has 2 fully saturated rings. The first-order valence-electron chi connectivity index (χ1n) is 8.35. The fraction of sp³-hybridized carbons (Fsp3) is 0.611. The second kappa shape index (κ2) is 4.59. The molecule has 3 atom stereocenters. The highest BCUT2D eigenvalue weighted by Gasteiger charge is 2.61. The number of fused-ring (bicyclic) bond motifs is 3. The van der Waals surface area contributed by atoms with E-state index < -0.39 is 13.7 Å². The van der Waals surface area contributed by atoms with E-state index in [2.05, 4.69) is 42.1 Å². The molecule has 3 unspecified atom stereocenters. The van der Waals surface area contributed by atoms with Crippen molar-refractivity contribution in [3.8, 4) is 11.5 Å². The standard InChI is InChI=1S/C18H23NO2Si/c1-22(2,3)9-7-13-10-14-12-18(15(13)11-17(20)21-18)16-6-4-5-8-19(14)16/h10-11,14,16H,4-6,8,12H2,1-3H3. The summed E-state index contributed by atoms with van der Waals surface area (Å²) in [4.78, 5) is 14.6. The van der Waals surface area contributed by atoms with Crippen LogP contribution in [0, 0.1) is 11.5 Å². The molecule has 0 aromatic heterocycles. The van der Waals surface area contributed by atoms with Crippen LogP contribution in [0.5, 0.6) is 0 Å². The van der Waals surface area contributed by atoms with Crippen LogP contribution in [-0.2, 0) is 9.53 Å². The molecule has 3 heterocycles. The number of esters is 1. The van der Waals surface area contributed by atoms with Gasteiger partial charge in [-0.05, 0) is 19.4 Å². The smallest absolute Gasteiger partial charge is 0.332 e. The Labute approximate surface area is 133 Å². The fourth-order valence-electron chi connectivity index (χ4n) is 4.43. The van der Waals surface area contributed by atoms with Gasteiger partial charge < -0.3 is 4.74 Å². The number of carbonyl (C=O) groups is 1.